The molecule has 1 radical (unpaired) electrons. The van der Waals surface area contributed by atoms with Gasteiger partial charge in [-0.25, -0.2) is 0 Å². The lowest BCUT2D eigenvalue weighted by Gasteiger charge is -2.01. The van der Waals surface area contributed by atoms with Crippen molar-refractivity contribution in [3.05, 3.63) is 55.1 Å². The van der Waals surface area contributed by atoms with Gasteiger partial charge in [0.15, 0.2) is 0 Å². The highest BCUT2D eigenvalue weighted by atomic mass is 14.8. The molecular weight excluding hydrogens is 146 g/mol. The van der Waals surface area contributed by atoms with Gasteiger partial charge in [-0.05, 0) is 12.0 Å². The summed E-state index contributed by atoms with van der Waals surface area (Å²) in [7, 11) is 0. The van der Waals surface area contributed by atoms with Gasteiger partial charge in [-0.1, -0.05) is 36.4 Å². The average molecular weight is 160 g/mol. The summed E-state index contributed by atoms with van der Waals surface area (Å²) in [6, 6.07) is 10.3. The smallest absolute Gasteiger partial charge is 0.0261 e. The first-order chi connectivity index (χ1) is 5.93. The van der Waals surface area contributed by atoms with Crippen LogP contribution in [0.2, 0.25) is 0 Å². The van der Waals surface area contributed by atoms with Gasteiger partial charge in [-0.3, -0.25) is 0 Å². The highest BCUT2D eigenvalue weighted by Crippen LogP contribution is 1.97. The summed E-state index contributed by atoms with van der Waals surface area (Å²) < 4.78 is 0. The van der Waals surface area contributed by atoms with Gasteiger partial charge in [0, 0.05) is 13.1 Å². The normalized spacial score (nSPS) is 9.67. The van der Waals surface area contributed by atoms with E-state index in [4.69, 9.17) is 0 Å². The van der Waals surface area contributed by atoms with Crippen molar-refractivity contribution in [1.29, 1.82) is 0 Å². The van der Waals surface area contributed by atoms with Crippen LogP contribution in [0.1, 0.15) is 12.0 Å². The molecule has 1 rings (SSSR count). The SMILES string of the molecule is C=CC[CH]NCc1ccccc1. The molecule has 63 valence electrons. The van der Waals surface area contributed by atoms with Crippen LogP contribution in [-0.2, 0) is 6.54 Å². The van der Waals surface area contributed by atoms with Crippen LogP contribution in [0, 0.1) is 6.54 Å². The zero-order valence-corrected chi connectivity index (χ0v) is 7.16. The van der Waals surface area contributed by atoms with Crippen molar-refractivity contribution in [2.75, 3.05) is 0 Å². The van der Waals surface area contributed by atoms with E-state index < -0.39 is 0 Å². The van der Waals surface area contributed by atoms with E-state index in [9.17, 15) is 0 Å². The Bertz CT molecular complexity index is 216. The number of nitrogens with one attached hydrogen (secondary N) is 1. The molecule has 1 N–H and O–H groups in total. The van der Waals surface area contributed by atoms with Gasteiger partial charge in [-0.15, -0.1) is 6.58 Å². The van der Waals surface area contributed by atoms with Crippen LogP contribution in [0.5, 0.6) is 0 Å². The molecule has 0 aliphatic heterocycles. The van der Waals surface area contributed by atoms with Crippen LogP contribution in [-0.4, -0.2) is 0 Å². The third-order valence-corrected chi connectivity index (χ3v) is 1.58. The zero-order valence-electron chi connectivity index (χ0n) is 7.16. The van der Waals surface area contributed by atoms with Gasteiger partial charge in [0.25, 0.3) is 0 Å². The molecule has 0 heterocycles. The Morgan fingerprint density at radius 2 is 2.00 bits per heavy atom. The Hall–Kier alpha value is -1.08. The Morgan fingerprint density at radius 1 is 1.25 bits per heavy atom. The molecule has 0 aliphatic rings. The van der Waals surface area contributed by atoms with E-state index in [2.05, 4.69) is 24.0 Å². The van der Waals surface area contributed by atoms with E-state index in [-0.39, 0.29) is 0 Å². The van der Waals surface area contributed by atoms with Gasteiger partial charge in [0.1, 0.15) is 0 Å². The summed E-state index contributed by atoms with van der Waals surface area (Å²) in [5.74, 6) is 0. The van der Waals surface area contributed by atoms with Crippen LogP contribution >= 0.6 is 0 Å². The number of rotatable bonds is 5. The second-order valence-electron chi connectivity index (χ2n) is 2.60. The summed E-state index contributed by atoms with van der Waals surface area (Å²) in [6.45, 7) is 6.55. The van der Waals surface area contributed by atoms with Crippen molar-refractivity contribution in [3.63, 3.8) is 0 Å². The maximum absolute atomic E-state index is 3.63. The Labute approximate surface area is 74.1 Å². The summed E-state index contributed by atoms with van der Waals surface area (Å²) in [5.41, 5.74) is 1.30. The molecule has 1 aromatic rings. The van der Waals surface area contributed by atoms with Gasteiger partial charge in [0.05, 0.1) is 0 Å². The van der Waals surface area contributed by atoms with E-state index in [1.807, 2.05) is 30.8 Å². The van der Waals surface area contributed by atoms with Crippen molar-refractivity contribution >= 4 is 0 Å². The van der Waals surface area contributed by atoms with Crippen molar-refractivity contribution in [1.82, 2.24) is 5.32 Å². The van der Waals surface area contributed by atoms with Gasteiger partial charge in [-0.2, -0.15) is 0 Å². The van der Waals surface area contributed by atoms with Gasteiger partial charge in [0.2, 0.25) is 0 Å². The molecule has 0 bridgehead atoms. The number of hydrogen-bond acceptors (Lipinski definition) is 1. The minimum atomic E-state index is 0.898. The quantitative estimate of drug-likeness (QED) is 0.515. The van der Waals surface area contributed by atoms with E-state index in [0.717, 1.165) is 13.0 Å². The number of hydrogen-bond donors (Lipinski definition) is 1. The predicted molar refractivity (Wildman–Crippen MR) is 52.4 cm³/mol. The Morgan fingerprint density at radius 3 is 2.67 bits per heavy atom. The minimum Gasteiger partial charge on any atom is -0.308 e. The van der Waals surface area contributed by atoms with Gasteiger partial charge < -0.3 is 5.32 Å². The van der Waals surface area contributed by atoms with E-state index in [1.165, 1.54) is 5.56 Å². The lowest BCUT2D eigenvalue weighted by molar-refractivity contribution is 0.782. The predicted octanol–water partition coefficient (Wildman–Crippen LogP) is 2.51. The molecule has 0 saturated carbocycles. The molecule has 1 nitrogen and oxygen atoms in total. The molecule has 0 saturated heterocycles. The minimum absolute atomic E-state index is 0.898. The van der Waals surface area contributed by atoms with Crippen LogP contribution < -0.4 is 5.32 Å². The molecule has 0 atom stereocenters. The fourth-order valence-corrected chi connectivity index (χ4v) is 0.953. The maximum Gasteiger partial charge on any atom is 0.0261 e. The van der Waals surface area contributed by atoms with Crippen molar-refractivity contribution in [2.45, 2.75) is 13.0 Å². The first-order valence-electron chi connectivity index (χ1n) is 4.13. The molecule has 0 unspecified atom stereocenters. The molecule has 0 spiro atoms. The lowest BCUT2D eigenvalue weighted by atomic mass is 10.2. The van der Waals surface area contributed by atoms with Crippen LogP contribution in [0.25, 0.3) is 0 Å². The fourth-order valence-electron chi connectivity index (χ4n) is 0.953. The van der Waals surface area contributed by atoms with Crippen molar-refractivity contribution in [2.24, 2.45) is 0 Å². The molecule has 0 aromatic heterocycles. The summed E-state index contributed by atoms with van der Waals surface area (Å²) >= 11 is 0. The topological polar surface area (TPSA) is 12.0 Å². The maximum atomic E-state index is 3.63. The molecule has 0 aliphatic carbocycles. The van der Waals surface area contributed by atoms with Crippen LogP contribution in [0.3, 0.4) is 0 Å². The van der Waals surface area contributed by atoms with Crippen molar-refractivity contribution in [3.8, 4) is 0 Å². The zero-order chi connectivity index (χ0) is 8.65. The molecule has 0 amide bonds. The van der Waals surface area contributed by atoms with E-state index in [1.54, 1.807) is 0 Å². The molecule has 1 heteroatoms. The number of benzene rings is 1. The second kappa shape index (κ2) is 5.56. The summed E-state index contributed by atoms with van der Waals surface area (Å²) in [5, 5.41) is 3.21. The Kier molecular flexibility index (Phi) is 4.17. The average Bonchev–Trinajstić information content (AvgIpc) is 2.14. The third kappa shape index (κ3) is 3.35. The standard InChI is InChI=1S/C11H14N/c1-2-3-9-12-10-11-7-5-4-6-8-11/h2,4-9,12H,1,3,10H2. The third-order valence-electron chi connectivity index (χ3n) is 1.58. The largest absolute Gasteiger partial charge is 0.308 e. The molecule has 12 heavy (non-hydrogen) atoms. The monoisotopic (exact) mass is 160 g/mol. The van der Waals surface area contributed by atoms with Gasteiger partial charge >= 0.3 is 0 Å². The first-order valence-corrected chi connectivity index (χ1v) is 4.13. The van der Waals surface area contributed by atoms with E-state index in [0.29, 0.717) is 0 Å². The fraction of sp³-hybridized carbons (Fsp3) is 0.182. The van der Waals surface area contributed by atoms with Crippen LogP contribution in [0.4, 0.5) is 0 Å². The summed E-state index contributed by atoms with van der Waals surface area (Å²) in [4.78, 5) is 0. The van der Waals surface area contributed by atoms with Crippen LogP contribution in [0.15, 0.2) is 43.0 Å². The Balaban J connectivity index is 2.20. The van der Waals surface area contributed by atoms with E-state index >= 15 is 0 Å². The summed E-state index contributed by atoms with van der Waals surface area (Å²) in [6.07, 6.45) is 2.78. The van der Waals surface area contributed by atoms with Crippen molar-refractivity contribution < 1.29 is 0 Å². The highest BCUT2D eigenvalue weighted by Gasteiger charge is 1.88. The highest BCUT2D eigenvalue weighted by molar-refractivity contribution is 5.14. The molecule has 0 fully saturated rings. The lowest BCUT2D eigenvalue weighted by Crippen LogP contribution is -2.08. The molecular formula is C11H14N. The molecule has 1 aromatic carbocycles. The first kappa shape index (κ1) is 9.01. The second-order valence-corrected chi connectivity index (χ2v) is 2.60.